The van der Waals surface area contributed by atoms with E-state index < -0.39 is 0 Å². The Bertz CT molecular complexity index is 493. The lowest BCUT2D eigenvalue weighted by molar-refractivity contribution is -0.133. The second kappa shape index (κ2) is 7.67. The van der Waals surface area contributed by atoms with Crippen LogP contribution in [-0.4, -0.2) is 43.9 Å². The normalized spacial score (nSPS) is 15.2. The molecule has 1 aromatic carbocycles. The number of carbonyl (C=O) groups excluding carboxylic acids is 2. The molecule has 114 valence electrons. The van der Waals surface area contributed by atoms with Crippen molar-refractivity contribution in [2.45, 2.75) is 25.7 Å². The number of methoxy groups -OCH3 is 1. The van der Waals surface area contributed by atoms with Gasteiger partial charge in [0.05, 0.1) is 12.7 Å². The molecular weight excluding hydrogens is 270 g/mol. The first kappa shape index (κ1) is 15.4. The van der Waals surface area contributed by atoms with E-state index in [2.05, 4.69) is 0 Å². The lowest BCUT2D eigenvalue weighted by Gasteiger charge is -2.21. The summed E-state index contributed by atoms with van der Waals surface area (Å²) in [6.07, 6.45) is 5.13. The molecule has 1 aliphatic rings. The Morgan fingerprint density at radius 3 is 2.57 bits per heavy atom. The Kier molecular flexibility index (Phi) is 5.60. The molecule has 0 bridgehead atoms. The average Bonchev–Trinajstić information content (AvgIpc) is 2.81. The number of carbonyl (C=O) groups is 2. The maximum atomic E-state index is 12.2. The number of amides is 1. The fourth-order valence-corrected chi connectivity index (χ4v) is 2.49. The third-order valence-electron chi connectivity index (χ3n) is 3.65. The molecule has 0 atom stereocenters. The standard InChI is InChI=1S/C16H21NO4/c1-20-14-8-6-7-13(11-18)16(14)21-12-15(19)17-9-4-2-3-5-10-17/h6-8,11H,2-5,9-10,12H2,1H3. The van der Waals surface area contributed by atoms with Gasteiger partial charge in [0.1, 0.15) is 0 Å². The molecule has 1 heterocycles. The topological polar surface area (TPSA) is 55.8 Å². The first-order chi connectivity index (χ1) is 10.3. The van der Waals surface area contributed by atoms with Crippen molar-refractivity contribution in [2.75, 3.05) is 26.8 Å². The molecule has 1 aromatic rings. The van der Waals surface area contributed by atoms with Crippen LogP contribution in [0.2, 0.25) is 0 Å². The van der Waals surface area contributed by atoms with E-state index in [0.29, 0.717) is 23.3 Å². The summed E-state index contributed by atoms with van der Waals surface area (Å²) in [4.78, 5) is 25.1. The Morgan fingerprint density at radius 2 is 1.95 bits per heavy atom. The molecule has 5 nitrogen and oxygen atoms in total. The molecule has 0 N–H and O–H groups in total. The number of aldehydes is 1. The minimum atomic E-state index is -0.0682. The van der Waals surface area contributed by atoms with Gasteiger partial charge in [0.15, 0.2) is 24.4 Å². The second-order valence-electron chi connectivity index (χ2n) is 5.08. The lowest BCUT2D eigenvalue weighted by atomic mass is 10.2. The van der Waals surface area contributed by atoms with Crippen molar-refractivity contribution in [1.29, 1.82) is 0 Å². The Labute approximate surface area is 124 Å². The number of nitrogens with zero attached hydrogens (tertiary/aromatic N) is 1. The number of benzene rings is 1. The molecule has 0 radical (unpaired) electrons. The minimum Gasteiger partial charge on any atom is -0.493 e. The van der Waals surface area contributed by atoms with E-state index in [0.717, 1.165) is 25.9 Å². The van der Waals surface area contributed by atoms with E-state index in [1.54, 1.807) is 18.2 Å². The highest BCUT2D eigenvalue weighted by molar-refractivity contribution is 5.82. The molecule has 1 aliphatic heterocycles. The van der Waals surface area contributed by atoms with Crippen LogP contribution in [0.15, 0.2) is 18.2 Å². The fraction of sp³-hybridized carbons (Fsp3) is 0.500. The van der Waals surface area contributed by atoms with Crippen LogP contribution in [0, 0.1) is 0 Å². The Morgan fingerprint density at radius 1 is 1.24 bits per heavy atom. The summed E-state index contributed by atoms with van der Waals surface area (Å²) in [7, 11) is 1.51. The van der Waals surface area contributed by atoms with Crippen molar-refractivity contribution in [3.63, 3.8) is 0 Å². The van der Waals surface area contributed by atoms with Gasteiger partial charge in [0, 0.05) is 13.1 Å². The SMILES string of the molecule is COc1cccc(C=O)c1OCC(=O)N1CCCCCC1. The summed E-state index contributed by atoms with van der Waals surface area (Å²) >= 11 is 0. The fourth-order valence-electron chi connectivity index (χ4n) is 2.49. The average molecular weight is 291 g/mol. The summed E-state index contributed by atoms with van der Waals surface area (Å²) in [5.41, 5.74) is 0.387. The van der Waals surface area contributed by atoms with E-state index in [1.807, 2.05) is 4.90 Å². The molecule has 2 rings (SSSR count). The van der Waals surface area contributed by atoms with Gasteiger partial charge < -0.3 is 14.4 Å². The summed E-state index contributed by atoms with van der Waals surface area (Å²) in [6.45, 7) is 1.50. The van der Waals surface area contributed by atoms with E-state index in [1.165, 1.54) is 20.0 Å². The number of likely N-dealkylation sites (tertiary alicyclic amines) is 1. The molecule has 5 heteroatoms. The maximum absolute atomic E-state index is 12.2. The largest absolute Gasteiger partial charge is 0.493 e. The van der Waals surface area contributed by atoms with Crippen molar-refractivity contribution in [1.82, 2.24) is 4.90 Å². The van der Waals surface area contributed by atoms with Gasteiger partial charge in [-0.25, -0.2) is 0 Å². The Hall–Kier alpha value is -2.04. The van der Waals surface area contributed by atoms with Gasteiger partial charge in [-0.15, -0.1) is 0 Å². The predicted octanol–water partition coefficient (Wildman–Crippen LogP) is 2.29. The molecule has 0 spiro atoms. The van der Waals surface area contributed by atoms with Crippen molar-refractivity contribution < 1.29 is 19.1 Å². The number of para-hydroxylation sites is 1. The van der Waals surface area contributed by atoms with E-state index in [-0.39, 0.29) is 12.5 Å². The zero-order chi connectivity index (χ0) is 15.1. The number of hydrogen-bond donors (Lipinski definition) is 0. The third-order valence-corrected chi connectivity index (χ3v) is 3.65. The highest BCUT2D eigenvalue weighted by Gasteiger charge is 2.18. The second-order valence-corrected chi connectivity index (χ2v) is 5.08. The first-order valence-corrected chi connectivity index (χ1v) is 7.29. The zero-order valence-corrected chi connectivity index (χ0v) is 12.3. The zero-order valence-electron chi connectivity index (χ0n) is 12.3. The smallest absolute Gasteiger partial charge is 0.260 e. The van der Waals surface area contributed by atoms with Crippen LogP contribution in [0.5, 0.6) is 11.5 Å². The monoisotopic (exact) mass is 291 g/mol. The van der Waals surface area contributed by atoms with E-state index in [4.69, 9.17) is 9.47 Å². The van der Waals surface area contributed by atoms with Gasteiger partial charge in [-0.1, -0.05) is 18.9 Å². The van der Waals surface area contributed by atoms with Gasteiger partial charge in [0.25, 0.3) is 5.91 Å². The summed E-state index contributed by atoms with van der Waals surface area (Å²) in [6, 6.07) is 5.06. The van der Waals surface area contributed by atoms with Crippen LogP contribution in [0.4, 0.5) is 0 Å². The third kappa shape index (κ3) is 3.97. The van der Waals surface area contributed by atoms with Gasteiger partial charge in [-0.2, -0.15) is 0 Å². The molecule has 21 heavy (non-hydrogen) atoms. The molecule has 1 fully saturated rings. The van der Waals surface area contributed by atoms with Crippen LogP contribution in [0.1, 0.15) is 36.0 Å². The predicted molar refractivity (Wildman–Crippen MR) is 78.9 cm³/mol. The van der Waals surface area contributed by atoms with E-state index in [9.17, 15) is 9.59 Å². The van der Waals surface area contributed by atoms with Crippen molar-refractivity contribution >= 4 is 12.2 Å². The lowest BCUT2D eigenvalue weighted by Crippen LogP contribution is -2.35. The molecule has 1 saturated heterocycles. The number of ether oxygens (including phenoxy) is 2. The number of hydrogen-bond acceptors (Lipinski definition) is 4. The summed E-state index contributed by atoms with van der Waals surface area (Å²) < 4.78 is 10.7. The molecule has 0 aromatic heterocycles. The van der Waals surface area contributed by atoms with Crippen molar-refractivity contribution in [2.24, 2.45) is 0 Å². The van der Waals surface area contributed by atoms with Crippen molar-refractivity contribution in [3.05, 3.63) is 23.8 Å². The highest BCUT2D eigenvalue weighted by Crippen LogP contribution is 2.30. The van der Waals surface area contributed by atoms with Crippen LogP contribution >= 0.6 is 0 Å². The van der Waals surface area contributed by atoms with Crippen LogP contribution in [0.25, 0.3) is 0 Å². The quantitative estimate of drug-likeness (QED) is 0.781. The molecular formula is C16H21NO4. The van der Waals surface area contributed by atoms with Crippen LogP contribution in [-0.2, 0) is 4.79 Å². The first-order valence-electron chi connectivity index (χ1n) is 7.29. The summed E-state index contributed by atoms with van der Waals surface area (Å²) in [5.74, 6) is 0.751. The van der Waals surface area contributed by atoms with Crippen LogP contribution in [0.3, 0.4) is 0 Å². The molecule has 1 amide bonds. The molecule has 0 unspecified atom stereocenters. The van der Waals surface area contributed by atoms with Gasteiger partial charge >= 0.3 is 0 Å². The molecule has 0 saturated carbocycles. The van der Waals surface area contributed by atoms with Crippen LogP contribution < -0.4 is 9.47 Å². The van der Waals surface area contributed by atoms with Gasteiger partial charge in [-0.3, -0.25) is 9.59 Å². The summed E-state index contributed by atoms with van der Waals surface area (Å²) in [5, 5.41) is 0. The number of rotatable bonds is 5. The van der Waals surface area contributed by atoms with Gasteiger partial charge in [-0.05, 0) is 25.0 Å². The maximum Gasteiger partial charge on any atom is 0.260 e. The highest BCUT2D eigenvalue weighted by atomic mass is 16.5. The van der Waals surface area contributed by atoms with E-state index >= 15 is 0 Å². The minimum absolute atomic E-state index is 0.0420. The van der Waals surface area contributed by atoms with Crippen molar-refractivity contribution in [3.8, 4) is 11.5 Å². The molecule has 0 aliphatic carbocycles. The Balaban J connectivity index is 2.01. The van der Waals surface area contributed by atoms with Gasteiger partial charge in [0.2, 0.25) is 0 Å².